The van der Waals surface area contributed by atoms with E-state index >= 15 is 0 Å². The van der Waals surface area contributed by atoms with E-state index in [0.29, 0.717) is 17.1 Å². The number of aliphatic hydroxyl groups is 1. The average Bonchev–Trinajstić information content (AvgIpc) is 2.45. The van der Waals surface area contributed by atoms with E-state index < -0.39 is 5.97 Å². The van der Waals surface area contributed by atoms with Crippen molar-refractivity contribution in [3.63, 3.8) is 0 Å². The number of hydrogen-bond donors (Lipinski definition) is 3. The van der Waals surface area contributed by atoms with Gasteiger partial charge < -0.3 is 15.5 Å². The SMILES string of the molecule is CC(C)CC(CO)Nc1cc(C(=O)O)nc2ccccc12. The van der Waals surface area contributed by atoms with Crippen LogP contribution in [0.25, 0.3) is 10.9 Å². The number of pyridine rings is 1. The summed E-state index contributed by atoms with van der Waals surface area (Å²) >= 11 is 0. The Morgan fingerprint density at radius 1 is 1.33 bits per heavy atom. The topological polar surface area (TPSA) is 82.5 Å². The van der Waals surface area contributed by atoms with Gasteiger partial charge in [0.2, 0.25) is 0 Å². The molecular weight excluding hydrogens is 268 g/mol. The highest BCUT2D eigenvalue weighted by Gasteiger charge is 2.14. The van der Waals surface area contributed by atoms with Gasteiger partial charge in [-0.2, -0.15) is 0 Å². The summed E-state index contributed by atoms with van der Waals surface area (Å²) in [5.74, 6) is -0.630. The van der Waals surface area contributed by atoms with Gasteiger partial charge in [-0.1, -0.05) is 32.0 Å². The molecule has 3 N–H and O–H groups in total. The van der Waals surface area contributed by atoms with E-state index in [1.807, 2.05) is 18.2 Å². The molecule has 0 saturated carbocycles. The maximum absolute atomic E-state index is 11.2. The maximum atomic E-state index is 11.2. The number of nitrogens with zero attached hydrogens (tertiary/aromatic N) is 1. The molecule has 0 bridgehead atoms. The first-order valence-corrected chi connectivity index (χ1v) is 7.01. The van der Waals surface area contributed by atoms with Crippen molar-refractivity contribution < 1.29 is 15.0 Å². The monoisotopic (exact) mass is 288 g/mol. The molecule has 1 unspecified atom stereocenters. The van der Waals surface area contributed by atoms with Gasteiger partial charge in [0.1, 0.15) is 0 Å². The molecule has 0 radical (unpaired) electrons. The molecule has 5 nitrogen and oxygen atoms in total. The van der Waals surface area contributed by atoms with E-state index in [4.69, 9.17) is 5.11 Å². The number of para-hydroxylation sites is 1. The number of anilines is 1. The number of hydrogen-bond acceptors (Lipinski definition) is 4. The van der Waals surface area contributed by atoms with Crippen LogP contribution in [-0.2, 0) is 0 Å². The molecule has 1 heterocycles. The van der Waals surface area contributed by atoms with Crippen molar-refractivity contribution in [2.75, 3.05) is 11.9 Å². The minimum atomic E-state index is -1.06. The molecule has 21 heavy (non-hydrogen) atoms. The number of aromatic nitrogens is 1. The molecule has 1 aromatic carbocycles. The van der Waals surface area contributed by atoms with Crippen molar-refractivity contribution in [2.45, 2.75) is 26.3 Å². The molecule has 0 saturated heterocycles. The molecule has 0 amide bonds. The molecule has 112 valence electrons. The van der Waals surface area contributed by atoms with Crippen LogP contribution >= 0.6 is 0 Å². The van der Waals surface area contributed by atoms with Gasteiger partial charge in [-0.3, -0.25) is 0 Å². The van der Waals surface area contributed by atoms with Gasteiger partial charge >= 0.3 is 5.97 Å². The Hall–Kier alpha value is -2.14. The highest BCUT2D eigenvalue weighted by molar-refractivity contribution is 5.97. The summed E-state index contributed by atoms with van der Waals surface area (Å²) in [7, 11) is 0. The average molecular weight is 288 g/mol. The number of carboxylic acids is 1. The third kappa shape index (κ3) is 3.70. The van der Waals surface area contributed by atoms with E-state index in [1.54, 1.807) is 6.07 Å². The Bertz CT molecular complexity index is 640. The fourth-order valence-electron chi connectivity index (χ4n) is 2.37. The Labute approximate surface area is 123 Å². The summed E-state index contributed by atoms with van der Waals surface area (Å²) < 4.78 is 0. The quantitative estimate of drug-likeness (QED) is 0.761. The predicted molar refractivity (Wildman–Crippen MR) is 82.7 cm³/mol. The van der Waals surface area contributed by atoms with Gasteiger partial charge in [0, 0.05) is 17.1 Å². The van der Waals surface area contributed by atoms with Crippen molar-refractivity contribution >= 4 is 22.6 Å². The second kappa shape index (κ2) is 6.54. The fraction of sp³-hybridized carbons (Fsp3) is 0.375. The Kier molecular flexibility index (Phi) is 4.75. The van der Waals surface area contributed by atoms with Crippen molar-refractivity contribution in [3.05, 3.63) is 36.0 Å². The molecule has 1 aromatic heterocycles. The van der Waals surface area contributed by atoms with Crippen LogP contribution in [0.3, 0.4) is 0 Å². The smallest absolute Gasteiger partial charge is 0.354 e. The fourth-order valence-corrected chi connectivity index (χ4v) is 2.37. The molecular formula is C16H20N2O3. The van der Waals surface area contributed by atoms with E-state index in [9.17, 15) is 9.90 Å². The number of benzene rings is 1. The molecule has 0 aliphatic rings. The highest BCUT2D eigenvalue weighted by Crippen LogP contribution is 2.24. The minimum Gasteiger partial charge on any atom is -0.477 e. The zero-order valence-corrected chi connectivity index (χ0v) is 12.2. The first-order valence-electron chi connectivity index (χ1n) is 7.01. The third-order valence-electron chi connectivity index (χ3n) is 3.27. The molecule has 1 atom stereocenters. The van der Waals surface area contributed by atoms with Crippen molar-refractivity contribution in [2.24, 2.45) is 5.92 Å². The van der Waals surface area contributed by atoms with E-state index in [1.165, 1.54) is 6.07 Å². The Morgan fingerprint density at radius 2 is 2.05 bits per heavy atom. The minimum absolute atomic E-state index is 0.00237. The standard InChI is InChI=1S/C16H20N2O3/c1-10(2)7-11(9-19)17-14-8-15(16(20)21)18-13-6-4-3-5-12(13)14/h3-6,8,10-11,19H,7,9H2,1-2H3,(H,17,18)(H,20,21). The van der Waals surface area contributed by atoms with Crippen LogP contribution < -0.4 is 5.32 Å². The number of aromatic carboxylic acids is 1. The van der Waals surface area contributed by atoms with Crippen LogP contribution in [0, 0.1) is 5.92 Å². The van der Waals surface area contributed by atoms with Crippen LogP contribution in [0.1, 0.15) is 30.8 Å². The molecule has 2 rings (SSSR count). The normalized spacial score (nSPS) is 12.6. The lowest BCUT2D eigenvalue weighted by atomic mass is 10.0. The van der Waals surface area contributed by atoms with Crippen LogP contribution in [0.2, 0.25) is 0 Å². The van der Waals surface area contributed by atoms with Gasteiger partial charge in [-0.25, -0.2) is 9.78 Å². The summed E-state index contributed by atoms with van der Waals surface area (Å²) in [6.07, 6.45) is 0.801. The number of carbonyl (C=O) groups is 1. The second-order valence-corrected chi connectivity index (χ2v) is 5.53. The second-order valence-electron chi connectivity index (χ2n) is 5.53. The van der Waals surface area contributed by atoms with Gasteiger partial charge in [0.05, 0.1) is 12.1 Å². The number of carboxylic acid groups (broad SMARTS) is 1. The van der Waals surface area contributed by atoms with Gasteiger partial charge in [-0.15, -0.1) is 0 Å². The molecule has 0 spiro atoms. The first-order chi connectivity index (χ1) is 10.0. The lowest BCUT2D eigenvalue weighted by Crippen LogP contribution is -2.26. The first kappa shape index (κ1) is 15.3. The number of aliphatic hydroxyl groups excluding tert-OH is 1. The van der Waals surface area contributed by atoms with E-state index in [2.05, 4.69) is 24.1 Å². The zero-order valence-electron chi connectivity index (χ0n) is 12.2. The van der Waals surface area contributed by atoms with Gasteiger partial charge in [-0.05, 0) is 24.5 Å². The van der Waals surface area contributed by atoms with E-state index in [-0.39, 0.29) is 18.3 Å². The summed E-state index contributed by atoms with van der Waals surface area (Å²) in [6, 6.07) is 8.78. The van der Waals surface area contributed by atoms with Crippen LogP contribution in [-0.4, -0.2) is 33.8 Å². The summed E-state index contributed by atoms with van der Waals surface area (Å²) in [6.45, 7) is 4.16. The van der Waals surface area contributed by atoms with Crippen LogP contribution in [0.4, 0.5) is 5.69 Å². The lowest BCUT2D eigenvalue weighted by Gasteiger charge is -2.20. The highest BCUT2D eigenvalue weighted by atomic mass is 16.4. The van der Waals surface area contributed by atoms with Gasteiger partial charge in [0.25, 0.3) is 0 Å². The van der Waals surface area contributed by atoms with Crippen LogP contribution in [0.5, 0.6) is 0 Å². The summed E-state index contributed by atoms with van der Waals surface area (Å²) in [4.78, 5) is 15.3. The molecule has 2 aromatic rings. The van der Waals surface area contributed by atoms with Crippen molar-refractivity contribution in [1.29, 1.82) is 0 Å². The Balaban J connectivity index is 2.43. The van der Waals surface area contributed by atoms with Crippen molar-refractivity contribution in [3.8, 4) is 0 Å². The summed E-state index contributed by atoms with van der Waals surface area (Å²) in [5, 5.41) is 22.8. The number of fused-ring (bicyclic) bond motifs is 1. The number of rotatable bonds is 6. The van der Waals surface area contributed by atoms with Crippen molar-refractivity contribution in [1.82, 2.24) is 4.98 Å². The number of nitrogens with one attached hydrogen (secondary N) is 1. The largest absolute Gasteiger partial charge is 0.477 e. The van der Waals surface area contributed by atoms with Crippen LogP contribution in [0.15, 0.2) is 30.3 Å². The predicted octanol–water partition coefficient (Wildman–Crippen LogP) is 2.75. The zero-order chi connectivity index (χ0) is 15.4. The van der Waals surface area contributed by atoms with E-state index in [0.717, 1.165) is 11.8 Å². The Morgan fingerprint density at radius 3 is 2.67 bits per heavy atom. The summed E-state index contributed by atoms with van der Waals surface area (Å²) in [5.41, 5.74) is 1.32. The molecule has 5 heteroatoms. The third-order valence-corrected chi connectivity index (χ3v) is 3.27. The molecule has 0 aliphatic carbocycles. The maximum Gasteiger partial charge on any atom is 0.354 e. The van der Waals surface area contributed by atoms with Gasteiger partial charge in [0.15, 0.2) is 5.69 Å². The molecule has 0 aliphatic heterocycles. The lowest BCUT2D eigenvalue weighted by molar-refractivity contribution is 0.0691. The molecule has 0 fully saturated rings.